The van der Waals surface area contributed by atoms with Crippen LogP contribution in [0, 0.1) is 5.92 Å². The van der Waals surface area contributed by atoms with Gasteiger partial charge in [0.1, 0.15) is 0 Å². The second-order valence-electron chi connectivity index (χ2n) is 6.10. The molecule has 1 aliphatic heterocycles. The van der Waals surface area contributed by atoms with Gasteiger partial charge in [0, 0.05) is 44.6 Å². The summed E-state index contributed by atoms with van der Waals surface area (Å²) in [5.41, 5.74) is 2.18. The van der Waals surface area contributed by atoms with Gasteiger partial charge in [-0.3, -0.25) is 14.3 Å². The van der Waals surface area contributed by atoms with Crippen molar-refractivity contribution in [2.75, 3.05) is 26.7 Å². The van der Waals surface area contributed by atoms with Gasteiger partial charge in [0.05, 0.1) is 18.1 Å². The smallest absolute Gasteiger partial charge is 0.155 e. The monoisotopic (exact) mass is 273 g/mol. The maximum Gasteiger partial charge on any atom is 0.155 e. The highest BCUT2D eigenvalue weighted by Crippen LogP contribution is 2.19. The summed E-state index contributed by atoms with van der Waals surface area (Å²) < 4.78 is 2.14. The Hall–Kier alpha value is -1.46. The summed E-state index contributed by atoms with van der Waals surface area (Å²) in [6.45, 7) is 9.00. The lowest BCUT2D eigenvalue weighted by molar-refractivity contribution is 0.0559. The van der Waals surface area contributed by atoms with Gasteiger partial charge in [0.2, 0.25) is 0 Å². The van der Waals surface area contributed by atoms with Gasteiger partial charge >= 0.3 is 0 Å². The van der Waals surface area contributed by atoms with Gasteiger partial charge in [-0.2, -0.15) is 0 Å². The Labute approximate surface area is 120 Å². The minimum atomic E-state index is 0.612. The van der Waals surface area contributed by atoms with Crippen LogP contribution in [0.3, 0.4) is 0 Å². The quantitative estimate of drug-likeness (QED) is 0.849. The van der Waals surface area contributed by atoms with Crippen LogP contribution in [0.2, 0.25) is 0 Å². The van der Waals surface area contributed by atoms with Crippen molar-refractivity contribution in [3.8, 4) is 0 Å². The molecule has 20 heavy (non-hydrogen) atoms. The number of fused-ring (bicyclic) bond motifs is 1. The third-order valence-corrected chi connectivity index (χ3v) is 4.27. The number of piperazine rings is 1. The molecule has 108 valence electrons. The third kappa shape index (κ3) is 2.55. The van der Waals surface area contributed by atoms with Crippen LogP contribution in [0.1, 0.15) is 19.5 Å². The summed E-state index contributed by atoms with van der Waals surface area (Å²) in [7, 11) is 2.21. The van der Waals surface area contributed by atoms with Crippen molar-refractivity contribution < 1.29 is 0 Å². The van der Waals surface area contributed by atoms with E-state index in [2.05, 4.69) is 45.1 Å². The fourth-order valence-electron chi connectivity index (χ4n) is 3.04. The first-order valence-corrected chi connectivity index (χ1v) is 7.33. The Morgan fingerprint density at radius 3 is 2.95 bits per heavy atom. The minimum Gasteiger partial charge on any atom is -0.304 e. The van der Waals surface area contributed by atoms with E-state index >= 15 is 0 Å². The molecule has 0 spiro atoms. The molecule has 1 fully saturated rings. The molecule has 0 amide bonds. The summed E-state index contributed by atoms with van der Waals surface area (Å²) in [6, 6.07) is 0.612. The number of rotatable bonds is 3. The summed E-state index contributed by atoms with van der Waals surface area (Å²) in [5, 5.41) is 0. The van der Waals surface area contributed by atoms with Crippen molar-refractivity contribution in [3.05, 3.63) is 30.5 Å². The molecule has 2 aromatic heterocycles. The summed E-state index contributed by atoms with van der Waals surface area (Å²) in [6.07, 6.45) is 7.61. The van der Waals surface area contributed by atoms with Crippen LogP contribution < -0.4 is 0 Å². The van der Waals surface area contributed by atoms with Crippen molar-refractivity contribution in [3.63, 3.8) is 0 Å². The molecule has 3 rings (SSSR count). The molecule has 2 aromatic rings. The van der Waals surface area contributed by atoms with Gasteiger partial charge in [-0.25, -0.2) is 4.98 Å². The summed E-state index contributed by atoms with van der Waals surface area (Å²) in [4.78, 5) is 13.6. The zero-order valence-electron chi connectivity index (χ0n) is 12.5. The van der Waals surface area contributed by atoms with Crippen molar-refractivity contribution in [2.45, 2.75) is 26.4 Å². The SMILES string of the molecule is CC(C)C1CN(C)CCN1Cc1cnc2cnccn12. The van der Waals surface area contributed by atoms with E-state index in [1.54, 1.807) is 0 Å². The van der Waals surface area contributed by atoms with E-state index in [4.69, 9.17) is 0 Å². The second kappa shape index (κ2) is 5.50. The van der Waals surface area contributed by atoms with Crippen LogP contribution >= 0.6 is 0 Å². The lowest BCUT2D eigenvalue weighted by Crippen LogP contribution is -2.53. The number of imidazole rings is 1. The van der Waals surface area contributed by atoms with Crippen molar-refractivity contribution in [1.82, 2.24) is 24.2 Å². The predicted octanol–water partition coefficient (Wildman–Crippen LogP) is 1.50. The number of hydrogen-bond donors (Lipinski definition) is 0. The first-order valence-electron chi connectivity index (χ1n) is 7.33. The van der Waals surface area contributed by atoms with Crippen molar-refractivity contribution >= 4 is 5.65 Å². The molecular weight excluding hydrogens is 250 g/mol. The maximum atomic E-state index is 4.43. The molecule has 0 N–H and O–H groups in total. The Balaban J connectivity index is 1.82. The highest BCUT2D eigenvalue weighted by molar-refractivity contribution is 5.36. The first-order chi connectivity index (χ1) is 9.65. The molecule has 5 nitrogen and oxygen atoms in total. The van der Waals surface area contributed by atoms with E-state index in [0.717, 1.165) is 31.8 Å². The van der Waals surface area contributed by atoms with Gasteiger partial charge in [0.15, 0.2) is 5.65 Å². The van der Waals surface area contributed by atoms with Crippen molar-refractivity contribution in [2.24, 2.45) is 5.92 Å². The van der Waals surface area contributed by atoms with E-state index in [-0.39, 0.29) is 0 Å². The Kier molecular flexibility index (Phi) is 3.72. The molecule has 3 heterocycles. The number of likely N-dealkylation sites (N-methyl/N-ethyl adjacent to an activating group) is 1. The minimum absolute atomic E-state index is 0.612. The zero-order valence-corrected chi connectivity index (χ0v) is 12.5. The Morgan fingerprint density at radius 2 is 2.15 bits per heavy atom. The maximum absolute atomic E-state index is 4.43. The van der Waals surface area contributed by atoms with Crippen LogP contribution in [0.15, 0.2) is 24.8 Å². The summed E-state index contributed by atoms with van der Waals surface area (Å²) >= 11 is 0. The number of nitrogens with zero attached hydrogens (tertiary/aromatic N) is 5. The Morgan fingerprint density at radius 1 is 1.30 bits per heavy atom. The molecule has 0 bridgehead atoms. The second-order valence-corrected chi connectivity index (χ2v) is 6.10. The topological polar surface area (TPSA) is 36.7 Å². The largest absolute Gasteiger partial charge is 0.304 e. The van der Waals surface area contributed by atoms with Gasteiger partial charge in [-0.1, -0.05) is 13.8 Å². The first kappa shape index (κ1) is 13.5. The van der Waals surface area contributed by atoms with Crippen LogP contribution in [-0.2, 0) is 6.54 Å². The average molecular weight is 273 g/mol. The normalized spacial score (nSPS) is 21.9. The van der Waals surface area contributed by atoms with E-state index in [1.165, 1.54) is 5.69 Å². The fourth-order valence-corrected chi connectivity index (χ4v) is 3.04. The van der Waals surface area contributed by atoms with Crippen LogP contribution in [0.25, 0.3) is 5.65 Å². The van der Waals surface area contributed by atoms with Crippen LogP contribution in [-0.4, -0.2) is 56.9 Å². The molecule has 1 saturated heterocycles. The average Bonchev–Trinajstić information content (AvgIpc) is 2.84. The van der Waals surface area contributed by atoms with E-state index in [9.17, 15) is 0 Å². The molecule has 1 atom stereocenters. The van der Waals surface area contributed by atoms with Crippen LogP contribution in [0.5, 0.6) is 0 Å². The highest BCUT2D eigenvalue weighted by Gasteiger charge is 2.28. The van der Waals surface area contributed by atoms with Gasteiger partial charge in [-0.15, -0.1) is 0 Å². The highest BCUT2D eigenvalue weighted by atomic mass is 15.3. The lowest BCUT2D eigenvalue weighted by Gasteiger charge is -2.42. The van der Waals surface area contributed by atoms with Gasteiger partial charge in [0.25, 0.3) is 0 Å². The molecular formula is C15H23N5. The molecule has 0 saturated carbocycles. The Bertz CT molecular complexity index is 576. The molecule has 0 aliphatic carbocycles. The third-order valence-electron chi connectivity index (χ3n) is 4.27. The summed E-state index contributed by atoms with van der Waals surface area (Å²) in [5.74, 6) is 0.665. The van der Waals surface area contributed by atoms with Gasteiger partial charge in [-0.05, 0) is 13.0 Å². The standard InChI is InChI=1S/C15H23N5/c1-12(2)14-11-18(3)6-7-19(14)10-13-8-17-15-9-16-4-5-20(13)15/h4-5,8-9,12,14H,6-7,10-11H2,1-3H3. The molecule has 1 unspecified atom stereocenters. The van der Waals surface area contributed by atoms with Crippen LogP contribution in [0.4, 0.5) is 0 Å². The molecule has 1 aliphatic rings. The molecule has 5 heteroatoms. The zero-order chi connectivity index (χ0) is 14.1. The lowest BCUT2D eigenvalue weighted by atomic mass is 9.99. The fraction of sp³-hybridized carbons (Fsp3) is 0.600. The van der Waals surface area contributed by atoms with Gasteiger partial charge < -0.3 is 4.90 Å². The predicted molar refractivity (Wildman–Crippen MR) is 79.5 cm³/mol. The van der Waals surface area contributed by atoms with E-state index in [1.807, 2.05) is 24.8 Å². The van der Waals surface area contributed by atoms with E-state index in [0.29, 0.717) is 12.0 Å². The van der Waals surface area contributed by atoms with E-state index < -0.39 is 0 Å². The molecule has 0 radical (unpaired) electrons. The number of aromatic nitrogens is 3. The van der Waals surface area contributed by atoms with Crippen molar-refractivity contribution in [1.29, 1.82) is 0 Å². The molecule has 0 aromatic carbocycles. The number of hydrogen-bond acceptors (Lipinski definition) is 4.